The first-order valence-electron chi connectivity index (χ1n) is 5.32. The highest BCUT2D eigenvalue weighted by Crippen LogP contribution is 1.98. The summed E-state index contributed by atoms with van der Waals surface area (Å²) < 4.78 is 0. The molecular weight excluding hydrogens is 158 g/mol. The highest BCUT2D eigenvalue weighted by molar-refractivity contribution is 5.09. The monoisotopic (exact) mass is 181 g/mol. The second kappa shape index (κ2) is 13.7. The van der Waals surface area contributed by atoms with Gasteiger partial charge in [-0.2, -0.15) is 0 Å². The molecule has 0 aromatic carbocycles. The van der Waals surface area contributed by atoms with E-state index in [-0.39, 0.29) is 0 Å². The highest BCUT2D eigenvalue weighted by atomic mass is 14.6. The van der Waals surface area contributed by atoms with Gasteiger partial charge in [-0.25, -0.2) is 0 Å². The number of nitrogens with zero attached hydrogens (tertiary/aromatic N) is 1. The van der Waals surface area contributed by atoms with Crippen LogP contribution in [0, 0.1) is 0 Å². The van der Waals surface area contributed by atoms with Crippen LogP contribution >= 0.6 is 0 Å². The molecule has 1 rings (SSSR count). The third-order valence-corrected chi connectivity index (χ3v) is 1.29. The van der Waals surface area contributed by atoms with Gasteiger partial charge in [0, 0.05) is 12.4 Å². The van der Waals surface area contributed by atoms with E-state index in [1.165, 1.54) is 18.4 Å². The molecule has 1 nitrogen and oxygen atoms in total. The maximum Gasteiger partial charge on any atom is 0.0270 e. The molecule has 0 atom stereocenters. The van der Waals surface area contributed by atoms with Gasteiger partial charge >= 0.3 is 0 Å². The molecular formula is C12H23N. The zero-order valence-electron chi connectivity index (χ0n) is 9.67. The Morgan fingerprint density at radius 1 is 1.00 bits per heavy atom. The standard InChI is InChI=1S/C8H11N.2C2H6/c1-2-3-8-4-6-9-7-5-8;2*1-2/h4-7H,2-3H2,1H3;2*1-2H3. The Labute approximate surface area is 83.2 Å². The lowest BCUT2D eigenvalue weighted by Gasteiger charge is -1.93. The van der Waals surface area contributed by atoms with Crippen LogP contribution in [0.1, 0.15) is 46.6 Å². The zero-order chi connectivity index (χ0) is 10.5. The second-order valence-electron chi connectivity index (χ2n) is 2.11. The summed E-state index contributed by atoms with van der Waals surface area (Å²) in [7, 11) is 0. The van der Waals surface area contributed by atoms with Gasteiger partial charge in [-0.05, 0) is 24.1 Å². The smallest absolute Gasteiger partial charge is 0.0270 e. The number of hydrogen-bond donors (Lipinski definition) is 0. The molecule has 0 saturated heterocycles. The lowest BCUT2D eigenvalue weighted by molar-refractivity contribution is 0.918. The Balaban J connectivity index is 0. The van der Waals surface area contributed by atoms with Gasteiger partial charge in [0.05, 0.1) is 0 Å². The van der Waals surface area contributed by atoms with E-state index in [2.05, 4.69) is 24.0 Å². The first kappa shape index (κ1) is 14.7. The molecule has 0 spiro atoms. The SMILES string of the molecule is CC.CC.CCCc1ccncc1. The summed E-state index contributed by atoms with van der Waals surface area (Å²) in [6.45, 7) is 10.2. The first-order valence-corrected chi connectivity index (χ1v) is 5.32. The van der Waals surface area contributed by atoms with Crippen LogP contribution in [-0.2, 0) is 6.42 Å². The lowest BCUT2D eigenvalue weighted by atomic mass is 10.2. The molecule has 1 aromatic heterocycles. The predicted octanol–water partition coefficient (Wildman–Crippen LogP) is 4.09. The topological polar surface area (TPSA) is 12.9 Å². The van der Waals surface area contributed by atoms with Crippen LogP contribution in [0.25, 0.3) is 0 Å². The largest absolute Gasteiger partial charge is 0.265 e. The van der Waals surface area contributed by atoms with E-state index in [0.717, 1.165) is 0 Å². The van der Waals surface area contributed by atoms with Crippen molar-refractivity contribution in [3.05, 3.63) is 30.1 Å². The summed E-state index contributed by atoms with van der Waals surface area (Å²) in [5, 5.41) is 0. The van der Waals surface area contributed by atoms with Crippen LogP contribution in [0.3, 0.4) is 0 Å². The summed E-state index contributed by atoms with van der Waals surface area (Å²) in [5.41, 5.74) is 1.38. The molecule has 0 unspecified atom stereocenters. The molecule has 1 heterocycles. The van der Waals surface area contributed by atoms with Gasteiger partial charge in [-0.15, -0.1) is 0 Å². The molecule has 13 heavy (non-hydrogen) atoms. The van der Waals surface area contributed by atoms with Gasteiger partial charge < -0.3 is 0 Å². The molecule has 0 amide bonds. The van der Waals surface area contributed by atoms with Crippen LogP contribution in [0.2, 0.25) is 0 Å². The average Bonchev–Trinajstić information content (AvgIpc) is 2.26. The fourth-order valence-electron chi connectivity index (χ4n) is 0.838. The Bertz CT molecular complexity index is 158. The molecule has 0 aliphatic heterocycles. The van der Waals surface area contributed by atoms with Gasteiger partial charge in [-0.1, -0.05) is 41.0 Å². The number of aryl methyl sites for hydroxylation is 1. The van der Waals surface area contributed by atoms with Crippen LogP contribution in [0.15, 0.2) is 24.5 Å². The van der Waals surface area contributed by atoms with Crippen molar-refractivity contribution in [1.82, 2.24) is 4.98 Å². The molecule has 1 aromatic rings. The van der Waals surface area contributed by atoms with E-state index in [1.807, 2.05) is 40.1 Å². The highest BCUT2D eigenvalue weighted by Gasteiger charge is 1.85. The van der Waals surface area contributed by atoms with Crippen molar-refractivity contribution in [3.63, 3.8) is 0 Å². The lowest BCUT2D eigenvalue weighted by Crippen LogP contribution is -1.80. The molecule has 0 saturated carbocycles. The molecule has 0 fully saturated rings. The molecule has 0 radical (unpaired) electrons. The van der Waals surface area contributed by atoms with E-state index < -0.39 is 0 Å². The van der Waals surface area contributed by atoms with E-state index in [1.54, 1.807) is 0 Å². The van der Waals surface area contributed by atoms with Crippen molar-refractivity contribution < 1.29 is 0 Å². The minimum Gasteiger partial charge on any atom is -0.265 e. The van der Waals surface area contributed by atoms with Crippen molar-refractivity contribution in [1.29, 1.82) is 0 Å². The molecule has 0 aliphatic rings. The van der Waals surface area contributed by atoms with Crippen molar-refractivity contribution in [3.8, 4) is 0 Å². The minimum absolute atomic E-state index is 1.17. The number of pyridine rings is 1. The van der Waals surface area contributed by atoms with Crippen molar-refractivity contribution in [2.75, 3.05) is 0 Å². The third kappa shape index (κ3) is 9.06. The first-order chi connectivity index (χ1) is 6.43. The summed E-state index contributed by atoms with van der Waals surface area (Å²) in [4.78, 5) is 3.93. The maximum absolute atomic E-state index is 3.93. The maximum atomic E-state index is 3.93. The Morgan fingerprint density at radius 3 is 1.85 bits per heavy atom. The van der Waals surface area contributed by atoms with Crippen molar-refractivity contribution in [2.45, 2.75) is 47.5 Å². The quantitative estimate of drug-likeness (QED) is 0.669. The van der Waals surface area contributed by atoms with E-state index in [9.17, 15) is 0 Å². The minimum atomic E-state index is 1.17. The van der Waals surface area contributed by atoms with Crippen LogP contribution < -0.4 is 0 Å². The van der Waals surface area contributed by atoms with Gasteiger partial charge in [0.1, 0.15) is 0 Å². The van der Waals surface area contributed by atoms with Gasteiger partial charge in [0.15, 0.2) is 0 Å². The predicted molar refractivity (Wildman–Crippen MR) is 60.9 cm³/mol. The summed E-state index contributed by atoms with van der Waals surface area (Å²) in [6.07, 6.45) is 6.06. The molecule has 1 heteroatoms. The normalized spacial score (nSPS) is 7.46. The summed E-state index contributed by atoms with van der Waals surface area (Å²) >= 11 is 0. The fraction of sp³-hybridized carbons (Fsp3) is 0.583. The van der Waals surface area contributed by atoms with Crippen LogP contribution in [-0.4, -0.2) is 4.98 Å². The van der Waals surface area contributed by atoms with E-state index in [4.69, 9.17) is 0 Å². The number of hydrogen-bond acceptors (Lipinski definition) is 1. The second-order valence-corrected chi connectivity index (χ2v) is 2.11. The Kier molecular flexibility index (Phi) is 15.5. The van der Waals surface area contributed by atoms with Crippen molar-refractivity contribution in [2.24, 2.45) is 0 Å². The summed E-state index contributed by atoms with van der Waals surface area (Å²) in [6, 6.07) is 4.12. The van der Waals surface area contributed by atoms with E-state index in [0.29, 0.717) is 0 Å². The zero-order valence-corrected chi connectivity index (χ0v) is 9.67. The third-order valence-electron chi connectivity index (χ3n) is 1.29. The number of rotatable bonds is 2. The van der Waals surface area contributed by atoms with Crippen LogP contribution in [0.4, 0.5) is 0 Å². The van der Waals surface area contributed by atoms with Gasteiger partial charge in [-0.3, -0.25) is 4.98 Å². The number of aromatic nitrogens is 1. The summed E-state index contributed by atoms with van der Waals surface area (Å²) in [5.74, 6) is 0. The average molecular weight is 181 g/mol. The Morgan fingerprint density at radius 2 is 1.46 bits per heavy atom. The molecule has 0 aliphatic carbocycles. The fourth-order valence-corrected chi connectivity index (χ4v) is 0.838. The molecule has 0 N–H and O–H groups in total. The van der Waals surface area contributed by atoms with Gasteiger partial charge in [0.2, 0.25) is 0 Å². The molecule has 0 bridgehead atoms. The Hall–Kier alpha value is -0.850. The van der Waals surface area contributed by atoms with Gasteiger partial charge in [0.25, 0.3) is 0 Å². The van der Waals surface area contributed by atoms with Crippen molar-refractivity contribution >= 4 is 0 Å². The molecule has 76 valence electrons. The van der Waals surface area contributed by atoms with E-state index >= 15 is 0 Å². The van der Waals surface area contributed by atoms with Crippen LogP contribution in [0.5, 0.6) is 0 Å².